The van der Waals surface area contributed by atoms with Crippen molar-refractivity contribution in [3.63, 3.8) is 0 Å². The van der Waals surface area contributed by atoms with E-state index in [1.165, 1.54) is 34.1 Å². The van der Waals surface area contributed by atoms with E-state index in [9.17, 15) is 20.0 Å². The van der Waals surface area contributed by atoms with Gasteiger partial charge in [-0.1, -0.05) is 11.6 Å². The number of aromatic hydroxyl groups is 1. The maximum atomic E-state index is 13.1. The molecule has 0 bridgehead atoms. The predicted molar refractivity (Wildman–Crippen MR) is 107 cm³/mol. The second-order valence-electron chi connectivity index (χ2n) is 6.68. The van der Waals surface area contributed by atoms with Gasteiger partial charge in [0.1, 0.15) is 16.6 Å². The Morgan fingerprint density at radius 3 is 2.71 bits per heavy atom. The topological polar surface area (TPSA) is 95.5 Å². The molecule has 0 aliphatic carbocycles. The summed E-state index contributed by atoms with van der Waals surface area (Å²) in [5.74, 6) is -0.621. The average Bonchev–Trinajstić information content (AvgIpc) is 2.96. The molecular formula is C21H15N3O3S. The summed E-state index contributed by atoms with van der Waals surface area (Å²) < 4.78 is 1.25. The van der Waals surface area contributed by atoms with E-state index in [2.05, 4.69) is 4.98 Å². The standard InChI is InChI=1S/C21H15N3O3S/c1-10-4-5-16(25)15(6-10)18(26)14-7-13(8-22)19-23-20-17(11(2)12(3)28-20)21(27)24(19)9-14/h4-7,9,25H,1-3H3. The van der Waals surface area contributed by atoms with Crippen LogP contribution in [0.1, 0.15) is 37.5 Å². The summed E-state index contributed by atoms with van der Waals surface area (Å²) in [6.07, 6.45) is 1.39. The van der Waals surface area contributed by atoms with Crippen LogP contribution in [0.3, 0.4) is 0 Å². The zero-order valence-corrected chi connectivity index (χ0v) is 16.2. The number of phenolic OH excluding ortho intramolecular Hbond substituents is 1. The van der Waals surface area contributed by atoms with Gasteiger partial charge in [-0.25, -0.2) is 4.98 Å². The van der Waals surface area contributed by atoms with Crippen LogP contribution in [0.15, 0.2) is 35.3 Å². The highest BCUT2D eigenvalue weighted by atomic mass is 32.1. The van der Waals surface area contributed by atoms with Crippen LogP contribution in [0, 0.1) is 32.1 Å². The normalized spacial score (nSPS) is 11.1. The lowest BCUT2D eigenvalue weighted by Gasteiger charge is -2.09. The number of fused-ring (bicyclic) bond motifs is 2. The van der Waals surface area contributed by atoms with Crippen LogP contribution in [0.5, 0.6) is 5.75 Å². The second-order valence-corrected chi connectivity index (χ2v) is 7.88. The lowest BCUT2D eigenvalue weighted by atomic mass is 10.0. The summed E-state index contributed by atoms with van der Waals surface area (Å²) in [5.41, 5.74) is 1.94. The fourth-order valence-corrected chi connectivity index (χ4v) is 4.23. The Morgan fingerprint density at radius 2 is 2.00 bits per heavy atom. The Labute approximate surface area is 163 Å². The van der Waals surface area contributed by atoms with Gasteiger partial charge in [0.25, 0.3) is 5.56 Å². The van der Waals surface area contributed by atoms with Crippen molar-refractivity contribution in [3.05, 3.63) is 73.5 Å². The van der Waals surface area contributed by atoms with E-state index in [0.29, 0.717) is 10.2 Å². The number of ketones is 1. The fourth-order valence-electron chi connectivity index (χ4n) is 3.21. The monoisotopic (exact) mass is 389 g/mol. The van der Waals surface area contributed by atoms with Crippen LogP contribution in [0.25, 0.3) is 15.9 Å². The first kappa shape index (κ1) is 17.9. The molecule has 1 aromatic carbocycles. The summed E-state index contributed by atoms with van der Waals surface area (Å²) in [6.45, 7) is 5.58. The largest absolute Gasteiger partial charge is 0.507 e. The molecular weight excluding hydrogens is 374 g/mol. The first-order valence-electron chi connectivity index (χ1n) is 8.52. The molecule has 0 fully saturated rings. The van der Waals surface area contributed by atoms with E-state index in [1.54, 1.807) is 12.1 Å². The number of phenols is 1. The fraction of sp³-hybridized carbons (Fsp3) is 0.143. The van der Waals surface area contributed by atoms with Crippen LogP contribution < -0.4 is 5.56 Å². The maximum Gasteiger partial charge on any atom is 0.266 e. The molecule has 138 valence electrons. The van der Waals surface area contributed by atoms with Crippen molar-refractivity contribution in [2.45, 2.75) is 20.8 Å². The third kappa shape index (κ3) is 2.58. The molecule has 0 amide bonds. The first-order valence-corrected chi connectivity index (χ1v) is 9.34. The van der Waals surface area contributed by atoms with Crippen molar-refractivity contribution in [1.82, 2.24) is 9.38 Å². The molecule has 0 saturated carbocycles. The van der Waals surface area contributed by atoms with Crippen molar-refractivity contribution >= 4 is 33.0 Å². The number of hydrogen-bond donors (Lipinski definition) is 1. The van der Waals surface area contributed by atoms with Gasteiger partial charge in [-0.3, -0.25) is 14.0 Å². The molecule has 0 aliphatic heterocycles. The lowest BCUT2D eigenvalue weighted by molar-refractivity contribution is 0.103. The molecule has 3 aromatic heterocycles. The van der Waals surface area contributed by atoms with Gasteiger partial charge in [0.15, 0.2) is 11.4 Å². The number of hydrogen-bond acceptors (Lipinski definition) is 6. The number of carbonyl (C=O) groups excluding carboxylic acids is 1. The second kappa shape index (κ2) is 6.29. The van der Waals surface area contributed by atoms with Crippen LogP contribution in [0.2, 0.25) is 0 Å². The Bertz CT molecular complexity index is 1410. The van der Waals surface area contributed by atoms with Gasteiger partial charge >= 0.3 is 0 Å². The van der Waals surface area contributed by atoms with Crippen molar-refractivity contribution in [3.8, 4) is 11.8 Å². The van der Waals surface area contributed by atoms with Crippen LogP contribution in [-0.2, 0) is 0 Å². The highest BCUT2D eigenvalue weighted by Gasteiger charge is 2.20. The summed E-state index contributed by atoms with van der Waals surface area (Å²) in [6, 6.07) is 8.15. The lowest BCUT2D eigenvalue weighted by Crippen LogP contribution is -2.18. The zero-order chi connectivity index (χ0) is 20.2. The number of aromatic nitrogens is 2. The molecule has 0 unspecified atom stereocenters. The molecule has 0 atom stereocenters. The molecule has 0 radical (unpaired) electrons. The summed E-state index contributed by atoms with van der Waals surface area (Å²) in [5, 5.41) is 20.1. The number of benzene rings is 1. The summed E-state index contributed by atoms with van der Waals surface area (Å²) >= 11 is 1.40. The minimum Gasteiger partial charge on any atom is -0.507 e. The van der Waals surface area contributed by atoms with Crippen molar-refractivity contribution < 1.29 is 9.90 Å². The highest BCUT2D eigenvalue weighted by molar-refractivity contribution is 7.18. The number of thiophene rings is 1. The van der Waals surface area contributed by atoms with Crippen LogP contribution in [0.4, 0.5) is 0 Å². The molecule has 0 aliphatic rings. The molecule has 6 nitrogen and oxygen atoms in total. The van der Waals surface area contributed by atoms with E-state index < -0.39 is 5.78 Å². The predicted octanol–water partition coefficient (Wildman–Crippen LogP) is 3.64. The molecule has 4 aromatic rings. The minimum atomic E-state index is -0.468. The van der Waals surface area contributed by atoms with Crippen molar-refractivity contribution in [2.75, 3.05) is 0 Å². The number of nitriles is 1. The number of carbonyl (C=O) groups is 1. The van der Waals surface area contributed by atoms with Gasteiger partial charge in [-0.15, -0.1) is 11.3 Å². The Morgan fingerprint density at radius 1 is 1.25 bits per heavy atom. The maximum absolute atomic E-state index is 13.1. The van der Waals surface area contributed by atoms with E-state index in [1.807, 2.05) is 26.8 Å². The SMILES string of the molecule is Cc1ccc(O)c(C(=O)c2cc(C#N)c3nc4sc(C)c(C)c4c(=O)n3c2)c1. The summed E-state index contributed by atoms with van der Waals surface area (Å²) in [4.78, 5) is 32.1. The van der Waals surface area contributed by atoms with Gasteiger partial charge in [-0.05, 0) is 44.5 Å². The van der Waals surface area contributed by atoms with Gasteiger partial charge in [-0.2, -0.15) is 5.26 Å². The Hall–Kier alpha value is -3.50. The quantitative estimate of drug-likeness (QED) is 0.528. The highest BCUT2D eigenvalue weighted by Crippen LogP contribution is 2.28. The third-order valence-electron chi connectivity index (χ3n) is 4.82. The molecule has 4 rings (SSSR count). The van der Waals surface area contributed by atoms with Gasteiger partial charge in [0, 0.05) is 16.6 Å². The average molecular weight is 389 g/mol. The van der Waals surface area contributed by atoms with Crippen LogP contribution >= 0.6 is 11.3 Å². The Kier molecular flexibility index (Phi) is 4.02. The molecule has 7 heteroatoms. The molecule has 1 N–H and O–H groups in total. The first-order chi connectivity index (χ1) is 13.3. The number of rotatable bonds is 2. The summed E-state index contributed by atoms with van der Waals surface area (Å²) in [7, 11) is 0. The van der Waals surface area contributed by atoms with Crippen LogP contribution in [-0.4, -0.2) is 20.3 Å². The van der Waals surface area contributed by atoms with E-state index >= 15 is 0 Å². The van der Waals surface area contributed by atoms with E-state index in [4.69, 9.17) is 0 Å². The Balaban J connectivity index is 2.05. The molecule has 28 heavy (non-hydrogen) atoms. The van der Waals surface area contributed by atoms with Gasteiger partial charge < -0.3 is 5.11 Å². The van der Waals surface area contributed by atoms with Gasteiger partial charge in [0.05, 0.1) is 16.5 Å². The van der Waals surface area contributed by atoms with E-state index in [-0.39, 0.29) is 33.6 Å². The molecule has 0 spiro atoms. The van der Waals surface area contributed by atoms with E-state index in [0.717, 1.165) is 16.0 Å². The zero-order valence-electron chi connectivity index (χ0n) is 15.4. The smallest absolute Gasteiger partial charge is 0.266 e. The molecule has 3 heterocycles. The number of pyridine rings is 1. The number of nitrogens with zero attached hydrogens (tertiary/aromatic N) is 3. The van der Waals surface area contributed by atoms with Gasteiger partial charge in [0.2, 0.25) is 0 Å². The molecule has 0 saturated heterocycles. The third-order valence-corrected chi connectivity index (χ3v) is 5.92. The van der Waals surface area contributed by atoms with Crippen molar-refractivity contribution in [2.24, 2.45) is 0 Å². The minimum absolute atomic E-state index is 0.118. The van der Waals surface area contributed by atoms with Crippen molar-refractivity contribution in [1.29, 1.82) is 5.26 Å². The number of aryl methyl sites for hydroxylation is 3.